The van der Waals surface area contributed by atoms with E-state index in [2.05, 4.69) is 42.3 Å². The lowest BCUT2D eigenvalue weighted by Gasteiger charge is -2.31. The van der Waals surface area contributed by atoms with Gasteiger partial charge >= 0.3 is 0 Å². The molecule has 3 rings (SSSR count). The summed E-state index contributed by atoms with van der Waals surface area (Å²) in [4.78, 5) is 19.4. The number of carbonyl (C=O) groups excluding carboxylic acids is 1. The first kappa shape index (κ1) is 18.1. The minimum Gasteiger partial charge on any atom is -0.337 e. The molecule has 4 nitrogen and oxygen atoms in total. The predicted molar refractivity (Wildman–Crippen MR) is 104 cm³/mol. The lowest BCUT2D eigenvalue weighted by atomic mass is 9.93. The number of piperidine rings is 1. The van der Waals surface area contributed by atoms with E-state index < -0.39 is 0 Å². The van der Waals surface area contributed by atoms with Crippen LogP contribution >= 0.6 is 11.3 Å². The van der Waals surface area contributed by atoms with Crippen LogP contribution in [0, 0.1) is 19.8 Å². The first-order chi connectivity index (χ1) is 12.1. The Morgan fingerprint density at radius 3 is 2.76 bits per heavy atom. The van der Waals surface area contributed by atoms with Crippen molar-refractivity contribution in [2.75, 3.05) is 26.7 Å². The summed E-state index contributed by atoms with van der Waals surface area (Å²) in [6, 6.07) is 6.36. The number of amides is 1. The summed E-state index contributed by atoms with van der Waals surface area (Å²) in [6.07, 6.45) is 3.40. The van der Waals surface area contributed by atoms with E-state index in [0.717, 1.165) is 49.0 Å². The van der Waals surface area contributed by atoms with Gasteiger partial charge < -0.3 is 10.2 Å². The zero-order chi connectivity index (χ0) is 17.8. The van der Waals surface area contributed by atoms with E-state index in [1.807, 2.05) is 17.3 Å². The molecule has 1 aliphatic heterocycles. The van der Waals surface area contributed by atoms with Gasteiger partial charge in [0.1, 0.15) is 10.7 Å². The highest BCUT2D eigenvalue weighted by Crippen LogP contribution is 2.28. The lowest BCUT2D eigenvalue weighted by Crippen LogP contribution is -2.39. The van der Waals surface area contributed by atoms with Crippen LogP contribution in [0.15, 0.2) is 23.6 Å². The highest BCUT2D eigenvalue weighted by atomic mass is 32.1. The SMILES string of the molecule is CNCCC1CCN(C(=O)c2csc(-c3ccc(C)cc3C)n2)CC1. The first-order valence-corrected chi connectivity index (χ1v) is 9.93. The topological polar surface area (TPSA) is 45.2 Å². The summed E-state index contributed by atoms with van der Waals surface area (Å²) in [7, 11) is 1.99. The van der Waals surface area contributed by atoms with Crippen LogP contribution in [-0.4, -0.2) is 42.5 Å². The molecule has 25 heavy (non-hydrogen) atoms. The molecule has 5 heteroatoms. The Balaban J connectivity index is 1.65. The highest BCUT2D eigenvalue weighted by molar-refractivity contribution is 7.13. The van der Waals surface area contributed by atoms with Crippen molar-refractivity contribution in [3.05, 3.63) is 40.4 Å². The van der Waals surface area contributed by atoms with Gasteiger partial charge in [-0.05, 0) is 58.2 Å². The number of likely N-dealkylation sites (tertiary alicyclic amines) is 1. The van der Waals surface area contributed by atoms with Crippen LogP contribution < -0.4 is 5.32 Å². The molecule has 1 aliphatic rings. The van der Waals surface area contributed by atoms with Crippen LogP contribution in [-0.2, 0) is 0 Å². The molecule has 1 amide bonds. The Bertz CT molecular complexity index is 732. The second-order valence-corrected chi connectivity index (χ2v) is 7.84. The van der Waals surface area contributed by atoms with Gasteiger partial charge in [0.2, 0.25) is 0 Å². The van der Waals surface area contributed by atoms with Crippen molar-refractivity contribution in [1.82, 2.24) is 15.2 Å². The number of rotatable bonds is 5. The fourth-order valence-corrected chi connectivity index (χ4v) is 4.37. The van der Waals surface area contributed by atoms with Crippen molar-refractivity contribution in [1.29, 1.82) is 0 Å². The lowest BCUT2D eigenvalue weighted by molar-refractivity contribution is 0.0682. The highest BCUT2D eigenvalue weighted by Gasteiger charge is 2.25. The third-order valence-electron chi connectivity index (χ3n) is 5.04. The van der Waals surface area contributed by atoms with Gasteiger partial charge in [-0.3, -0.25) is 4.79 Å². The maximum absolute atomic E-state index is 12.8. The molecule has 1 fully saturated rings. The summed E-state index contributed by atoms with van der Waals surface area (Å²) >= 11 is 1.56. The molecule has 0 spiro atoms. The number of carbonyl (C=O) groups is 1. The van der Waals surface area contributed by atoms with Gasteiger partial charge in [-0.2, -0.15) is 0 Å². The van der Waals surface area contributed by atoms with Gasteiger partial charge in [0.05, 0.1) is 0 Å². The van der Waals surface area contributed by atoms with E-state index >= 15 is 0 Å². The average Bonchev–Trinajstić information content (AvgIpc) is 3.09. The van der Waals surface area contributed by atoms with Gasteiger partial charge in [-0.15, -0.1) is 11.3 Å². The van der Waals surface area contributed by atoms with Crippen molar-refractivity contribution in [2.24, 2.45) is 5.92 Å². The molecular weight excluding hydrogens is 330 g/mol. The van der Waals surface area contributed by atoms with Crippen molar-refractivity contribution >= 4 is 17.2 Å². The van der Waals surface area contributed by atoms with Crippen LogP contribution in [0.25, 0.3) is 10.6 Å². The van der Waals surface area contributed by atoms with E-state index in [0.29, 0.717) is 5.69 Å². The van der Waals surface area contributed by atoms with Crippen LogP contribution in [0.4, 0.5) is 0 Å². The molecule has 0 aliphatic carbocycles. The summed E-state index contributed by atoms with van der Waals surface area (Å²) in [5, 5.41) is 6.05. The molecule has 1 aromatic carbocycles. The third-order valence-corrected chi connectivity index (χ3v) is 5.92. The number of thiazole rings is 1. The molecule has 1 aromatic heterocycles. The van der Waals surface area contributed by atoms with Crippen molar-refractivity contribution in [2.45, 2.75) is 33.1 Å². The van der Waals surface area contributed by atoms with Crippen LogP contribution in [0.3, 0.4) is 0 Å². The molecular formula is C20H27N3OS. The maximum Gasteiger partial charge on any atom is 0.273 e. The quantitative estimate of drug-likeness (QED) is 0.883. The number of hydrogen-bond acceptors (Lipinski definition) is 4. The minimum atomic E-state index is 0.0827. The molecule has 2 heterocycles. The Kier molecular flexibility index (Phi) is 5.86. The van der Waals surface area contributed by atoms with E-state index in [1.54, 1.807) is 11.3 Å². The van der Waals surface area contributed by atoms with Crippen LogP contribution in [0.2, 0.25) is 0 Å². The van der Waals surface area contributed by atoms with Crippen molar-refractivity contribution in [3.63, 3.8) is 0 Å². The Morgan fingerprint density at radius 2 is 2.08 bits per heavy atom. The van der Waals surface area contributed by atoms with Gasteiger partial charge in [-0.1, -0.05) is 23.8 Å². The normalized spacial score (nSPS) is 15.6. The third kappa shape index (κ3) is 4.28. The zero-order valence-corrected chi connectivity index (χ0v) is 16.2. The van der Waals surface area contributed by atoms with Gasteiger partial charge in [-0.25, -0.2) is 4.98 Å². The second kappa shape index (κ2) is 8.11. The second-order valence-electron chi connectivity index (χ2n) is 6.98. The zero-order valence-electron chi connectivity index (χ0n) is 15.3. The number of aryl methyl sites for hydroxylation is 2. The molecule has 0 saturated carbocycles. The van der Waals surface area contributed by atoms with Gasteiger partial charge in [0.25, 0.3) is 5.91 Å². The Hall–Kier alpha value is -1.72. The smallest absolute Gasteiger partial charge is 0.273 e. The van der Waals surface area contributed by atoms with E-state index in [9.17, 15) is 4.79 Å². The fraction of sp³-hybridized carbons (Fsp3) is 0.500. The van der Waals surface area contributed by atoms with E-state index in [4.69, 9.17) is 0 Å². The van der Waals surface area contributed by atoms with E-state index in [-0.39, 0.29) is 5.91 Å². The molecule has 0 atom stereocenters. The van der Waals surface area contributed by atoms with Crippen LogP contribution in [0.5, 0.6) is 0 Å². The van der Waals surface area contributed by atoms with E-state index in [1.165, 1.54) is 17.5 Å². The molecule has 2 aromatic rings. The standard InChI is InChI=1S/C20H27N3OS/c1-14-4-5-17(15(2)12-14)19-22-18(13-25-19)20(24)23-10-7-16(8-11-23)6-9-21-3/h4-5,12-13,16,21H,6-11H2,1-3H3. The van der Waals surface area contributed by atoms with Crippen molar-refractivity contribution < 1.29 is 4.79 Å². The summed E-state index contributed by atoms with van der Waals surface area (Å²) in [5.74, 6) is 0.817. The average molecular weight is 358 g/mol. The maximum atomic E-state index is 12.8. The molecule has 1 N–H and O–H groups in total. The van der Waals surface area contributed by atoms with Gasteiger partial charge in [0, 0.05) is 24.0 Å². The fourth-order valence-electron chi connectivity index (χ4n) is 3.48. The number of benzene rings is 1. The number of hydrogen-bond donors (Lipinski definition) is 1. The molecule has 0 radical (unpaired) electrons. The number of nitrogens with one attached hydrogen (secondary N) is 1. The monoisotopic (exact) mass is 357 g/mol. The van der Waals surface area contributed by atoms with Gasteiger partial charge in [0.15, 0.2) is 0 Å². The Morgan fingerprint density at radius 1 is 1.32 bits per heavy atom. The largest absolute Gasteiger partial charge is 0.337 e. The summed E-state index contributed by atoms with van der Waals surface area (Å²) in [5.41, 5.74) is 4.17. The minimum absolute atomic E-state index is 0.0827. The first-order valence-electron chi connectivity index (χ1n) is 9.05. The molecule has 1 saturated heterocycles. The predicted octanol–water partition coefficient (Wildman–Crippen LogP) is 3.89. The van der Waals surface area contributed by atoms with Crippen LogP contribution in [0.1, 0.15) is 40.9 Å². The number of nitrogens with zero attached hydrogens (tertiary/aromatic N) is 2. The molecule has 0 bridgehead atoms. The molecule has 0 unspecified atom stereocenters. The summed E-state index contributed by atoms with van der Waals surface area (Å²) < 4.78 is 0. The number of aromatic nitrogens is 1. The Labute approximate surface area is 154 Å². The molecule has 134 valence electrons. The van der Waals surface area contributed by atoms with Crippen molar-refractivity contribution in [3.8, 4) is 10.6 Å². The summed E-state index contributed by atoms with van der Waals surface area (Å²) in [6.45, 7) is 6.95.